The maximum absolute atomic E-state index is 12.6. The largest absolute Gasteiger partial charge is 0.399 e. The molecule has 1 amide bonds. The molecule has 0 aromatic heterocycles. The van der Waals surface area contributed by atoms with Crippen molar-refractivity contribution in [3.63, 3.8) is 0 Å². The molecule has 2 rings (SSSR count). The minimum Gasteiger partial charge on any atom is -0.399 e. The fourth-order valence-electron chi connectivity index (χ4n) is 2.20. The minimum absolute atomic E-state index is 0.00111. The summed E-state index contributed by atoms with van der Waals surface area (Å²) < 4.78 is 0. The molecule has 0 aliphatic carbocycles. The fraction of sp³-hybridized carbons (Fsp3) is 0.235. The van der Waals surface area contributed by atoms with Gasteiger partial charge in [0.25, 0.3) is 5.91 Å². The molecule has 0 spiro atoms. The van der Waals surface area contributed by atoms with Crippen molar-refractivity contribution >= 4 is 17.3 Å². The van der Waals surface area contributed by atoms with Crippen LogP contribution in [-0.2, 0) is 0 Å². The van der Waals surface area contributed by atoms with Crippen LogP contribution in [0.4, 0.5) is 11.4 Å². The lowest BCUT2D eigenvalue weighted by Gasteiger charge is -2.22. The van der Waals surface area contributed by atoms with E-state index in [-0.39, 0.29) is 5.91 Å². The predicted molar refractivity (Wildman–Crippen MR) is 84.1 cm³/mol. The monoisotopic (exact) mass is 268 g/mol. The van der Waals surface area contributed by atoms with Crippen LogP contribution in [0.1, 0.15) is 28.4 Å². The summed E-state index contributed by atoms with van der Waals surface area (Å²) >= 11 is 0. The lowest BCUT2D eigenvalue weighted by Crippen LogP contribution is -2.30. The molecule has 2 aromatic carbocycles. The molecule has 0 bridgehead atoms. The van der Waals surface area contributed by atoms with Gasteiger partial charge in [0.15, 0.2) is 0 Å². The quantitative estimate of drug-likeness (QED) is 0.865. The number of nitrogens with zero attached hydrogens (tertiary/aromatic N) is 1. The van der Waals surface area contributed by atoms with Crippen LogP contribution in [-0.4, -0.2) is 12.5 Å². The van der Waals surface area contributed by atoms with Crippen molar-refractivity contribution in [1.29, 1.82) is 0 Å². The van der Waals surface area contributed by atoms with Gasteiger partial charge in [0.05, 0.1) is 0 Å². The number of hydrogen-bond donors (Lipinski definition) is 1. The Morgan fingerprint density at radius 3 is 2.50 bits per heavy atom. The molecular weight excluding hydrogens is 248 g/mol. The summed E-state index contributed by atoms with van der Waals surface area (Å²) in [5, 5.41) is 0. The third kappa shape index (κ3) is 2.82. The molecule has 0 fully saturated rings. The summed E-state index contributed by atoms with van der Waals surface area (Å²) in [5.41, 5.74) is 10.2. The fourth-order valence-corrected chi connectivity index (χ4v) is 2.20. The lowest BCUT2D eigenvalue weighted by atomic mass is 10.1. The van der Waals surface area contributed by atoms with Crippen molar-refractivity contribution in [2.45, 2.75) is 20.8 Å². The van der Waals surface area contributed by atoms with Crippen molar-refractivity contribution in [2.75, 3.05) is 17.2 Å². The molecule has 20 heavy (non-hydrogen) atoms. The molecule has 104 valence electrons. The first-order chi connectivity index (χ1) is 9.52. The highest BCUT2D eigenvalue weighted by atomic mass is 16.2. The molecule has 0 saturated heterocycles. The van der Waals surface area contributed by atoms with E-state index in [9.17, 15) is 4.79 Å². The van der Waals surface area contributed by atoms with Gasteiger partial charge in [-0.2, -0.15) is 0 Å². The van der Waals surface area contributed by atoms with E-state index in [0.717, 1.165) is 16.8 Å². The number of amides is 1. The number of nitrogens with two attached hydrogens (primary N) is 1. The van der Waals surface area contributed by atoms with E-state index < -0.39 is 0 Å². The van der Waals surface area contributed by atoms with Crippen molar-refractivity contribution in [3.05, 3.63) is 59.2 Å². The number of hydrogen-bond acceptors (Lipinski definition) is 2. The van der Waals surface area contributed by atoms with Crippen LogP contribution in [0.2, 0.25) is 0 Å². The number of rotatable bonds is 3. The molecule has 2 aromatic rings. The molecule has 0 radical (unpaired) electrons. The van der Waals surface area contributed by atoms with Crippen LogP contribution in [0.15, 0.2) is 42.5 Å². The van der Waals surface area contributed by atoms with Crippen molar-refractivity contribution in [1.82, 2.24) is 0 Å². The van der Waals surface area contributed by atoms with E-state index >= 15 is 0 Å². The maximum atomic E-state index is 12.6. The van der Waals surface area contributed by atoms with E-state index in [1.807, 2.05) is 51.1 Å². The standard InChI is InChI=1S/C17H20N2O/c1-4-19(15-7-5-6-12(2)10-15)17(20)14-8-9-16(18)13(3)11-14/h5-11H,4,18H2,1-3H3. The lowest BCUT2D eigenvalue weighted by molar-refractivity contribution is 0.0988. The van der Waals surface area contributed by atoms with Gasteiger partial charge in [0, 0.05) is 23.5 Å². The first kappa shape index (κ1) is 14.1. The summed E-state index contributed by atoms with van der Waals surface area (Å²) in [5.74, 6) is 0.00111. The summed E-state index contributed by atoms with van der Waals surface area (Å²) in [6.07, 6.45) is 0. The molecule has 2 N–H and O–H groups in total. The average molecular weight is 268 g/mol. The Balaban J connectivity index is 2.36. The SMILES string of the molecule is CCN(C(=O)c1ccc(N)c(C)c1)c1cccc(C)c1. The van der Waals surface area contributed by atoms with Crippen LogP contribution < -0.4 is 10.6 Å². The second-order valence-corrected chi connectivity index (χ2v) is 4.96. The Morgan fingerprint density at radius 1 is 1.15 bits per heavy atom. The Bertz CT molecular complexity index is 635. The minimum atomic E-state index is 0.00111. The molecule has 0 atom stereocenters. The Kier molecular flexibility index (Phi) is 4.08. The summed E-state index contributed by atoms with van der Waals surface area (Å²) in [6.45, 7) is 6.54. The highest BCUT2D eigenvalue weighted by molar-refractivity contribution is 6.06. The highest BCUT2D eigenvalue weighted by Crippen LogP contribution is 2.20. The van der Waals surface area contributed by atoms with Gasteiger partial charge in [-0.05, 0) is 62.2 Å². The van der Waals surface area contributed by atoms with Crippen LogP contribution >= 0.6 is 0 Å². The Hall–Kier alpha value is -2.29. The van der Waals surface area contributed by atoms with Gasteiger partial charge in [0.2, 0.25) is 0 Å². The van der Waals surface area contributed by atoms with Crippen molar-refractivity contribution in [3.8, 4) is 0 Å². The van der Waals surface area contributed by atoms with E-state index in [2.05, 4.69) is 0 Å². The number of carbonyl (C=O) groups is 1. The molecular formula is C17H20N2O. The van der Waals surface area contributed by atoms with Crippen LogP contribution in [0.25, 0.3) is 0 Å². The van der Waals surface area contributed by atoms with Crippen LogP contribution in [0.5, 0.6) is 0 Å². The first-order valence-corrected chi connectivity index (χ1v) is 6.77. The molecule has 3 heteroatoms. The van der Waals surface area contributed by atoms with Crippen LogP contribution in [0, 0.1) is 13.8 Å². The van der Waals surface area contributed by atoms with Crippen molar-refractivity contribution < 1.29 is 4.79 Å². The molecule has 0 unspecified atom stereocenters. The van der Waals surface area contributed by atoms with Gasteiger partial charge in [-0.25, -0.2) is 0 Å². The summed E-state index contributed by atoms with van der Waals surface area (Å²) in [6, 6.07) is 13.4. The van der Waals surface area contributed by atoms with E-state index in [4.69, 9.17) is 5.73 Å². The maximum Gasteiger partial charge on any atom is 0.258 e. The molecule has 0 saturated carbocycles. The predicted octanol–water partition coefficient (Wildman–Crippen LogP) is 3.55. The van der Waals surface area contributed by atoms with Gasteiger partial charge in [-0.1, -0.05) is 12.1 Å². The molecule has 3 nitrogen and oxygen atoms in total. The van der Waals surface area contributed by atoms with Crippen LogP contribution in [0.3, 0.4) is 0 Å². The van der Waals surface area contributed by atoms with Gasteiger partial charge in [-0.15, -0.1) is 0 Å². The third-order valence-electron chi connectivity index (χ3n) is 3.39. The van der Waals surface area contributed by atoms with Gasteiger partial charge in [0.1, 0.15) is 0 Å². The first-order valence-electron chi connectivity index (χ1n) is 6.77. The van der Waals surface area contributed by atoms with E-state index in [1.165, 1.54) is 0 Å². The number of carbonyl (C=O) groups excluding carboxylic acids is 1. The van der Waals surface area contributed by atoms with Gasteiger partial charge in [-0.3, -0.25) is 4.79 Å². The topological polar surface area (TPSA) is 46.3 Å². The number of anilines is 2. The van der Waals surface area contributed by atoms with Gasteiger partial charge < -0.3 is 10.6 Å². The Morgan fingerprint density at radius 2 is 1.90 bits per heavy atom. The molecule has 0 heterocycles. The zero-order valence-corrected chi connectivity index (χ0v) is 12.2. The summed E-state index contributed by atoms with van der Waals surface area (Å²) in [4.78, 5) is 14.4. The average Bonchev–Trinajstić information content (AvgIpc) is 2.42. The number of nitrogen functional groups attached to an aromatic ring is 1. The second-order valence-electron chi connectivity index (χ2n) is 4.96. The summed E-state index contributed by atoms with van der Waals surface area (Å²) in [7, 11) is 0. The van der Waals surface area contributed by atoms with E-state index in [1.54, 1.807) is 17.0 Å². The highest BCUT2D eigenvalue weighted by Gasteiger charge is 2.16. The smallest absolute Gasteiger partial charge is 0.258 e. The number of aryl methyl sites for hydroxylation is 2. The van der Waals surface area contributed by atoms with E-state index in [0.29, 0.717) is 17.8 Å². The normalized spacial score (nSPS) is 10.3. The third-order valence-corrected chi connectivity index (χ3v) is 3.39. The zero-order chi connectivity index (χ0) is 14.7. The second kappa shape index (κ2) is 5.78. The van der Waals surface area contributed by atoms with Gasteiger partial charge >= 0.3 is 0 Å². The number of benzene rings is 2. The zero-order valence-electron chi connectivity index (χ0n) is 12.2. The molecule has 0 aliphatic heterocycles. The Labute approximate surface area is 120 Å². The molecule has 0 aliphatic rings. The van der Waals surface area contributed by atoms with Crippen molar-refractivity contribution in [2.24, 2.45) is 0 Å².